The minimum atomic E-state index is -0.510. The van der Waals surface area contributed by atoms with Gasteiger partial charge in [0.1, 0.15) is 0 Å². The molecule has 0 unspecified atom stereocenters. The van der Waals surface area contributed by atoms with E-state index < -0.39 is 5.60 Å². The lowest BCUT2D eigenvalue weighted by Crippen LogP contribution is -2.37. The molecule has 0 saturated heterocycles. The summed E-state index contributed by atoms with van der Waals surface area (Å²) in [6.45, 7) is 1.37. The van der Waals surface area contributed by atoms with Crippen LogP contribution in [0.1, 0.15) is 31.2 Å². The smallest absolute Gasteiger partial charge is 0.174 e. The first-order valence-electron chi connectivity index (χ1n) is 6.91. The fraction of sp³-hybridized carbons (Fsp3) is 0.600. The van der Waals surface area contributed by atoms with E-state index in [-0.39, 0.29) is 0 Å². The molecule has 1 saturated carbocycles. The molecule has 1 aromatic rings. The molecule has 0 amide bonds. The van der Waals surface area contributed by atoms with E-state index in [4.69, 9.17) is 9.47 Å². The summed E-state index contributed by atoms with van der Waals surface area (Å²) in [5, 5.41) is 13.6. The number of ether oxygens (including phenoxy) is 2. The molecule has 2 rings (SSSR count). The molecule has 1 fully saturated rings. The molecule has 0 heterocycles. The van der Waals surface area contributed by atoms with Crippen molar-refractivity contribution in [2.75, 3.05) is 20.8 Å². The van der Waals surface area contributed by atoms with Crippen LogP contribution in [0.2, 0.25) is 0 Å². The van der Waals surface area contributed by atoms with Gasteiger partial charge in [-0.1, -0.05) is 12.8 Å². The number of aliphatic hydroxyl groups is 1. The van der Waals surface area contributed by atoms with Crippen molar-refractivity contribution < 1.29 is 14.6 Å². The van der Waals surface area contributed by atoms with E-state index >= 15 is 0 Å². The van der Waals surface area contributed by atoms with E-state index in [1.54, 1.807) is 14.2 Å². The fourth-order valence-electron chi connectivity index (χ4n) is 2.72. The summed E-state index contributed by atoms with van der Waals surface area (Å²) in [7, 11) is 3.29. The summed E-state index contributed by atoms with van der Waals surface area (Å²) < 4.78 is 11.7. The maximum absolute atomic E-state index is 10.3. The minimum absolute atomic E-state index is 0.510. The lowest BCUT2D eigenvalue weighted by atomic mass is 10.0. The highest BCUT2D eigenvalue weighted by Gasteiger charge is 2.30. The zero-order valence-corrected chi connectivity index (χ0v) is 14.2. The Morgan fingerprint density at radius 2 is 1.95 bits per heavy atom. The zero-order chi connectivity index (χ0) is 14.6. The van der Waals surface area contributed by atoms with E-state index in [9.17, 15) is 5.11 Å². The summed E-state index contributed by atoms with van der Waals surface area (Å²) in [5.74, 6) is 1.52. The molecule has 112 valence electrons. The fourth-order valence-corrected chi connectivity index (χ4v) is 3.61. The van der Waals surface area contributed by atoms with Gasteiger partial charge in [0.05, 0.1) is 23.4 Å². The number of benzene rings is 1. The van der Waals surface area contributed by atoms with Crippen molar-refractivity contribution in [2.45, 2.75) is 37.8 Å². The first kappa shape index (κ1) is 15.9. The molecular formula is C15H22INO3. The molecule has 0 radical (unpaired) electrons. The van der Waals surface area contributed by atoms with Crippen LogP contribution in [0.5, 0.6) is 11.5 Å². The average Bonchev–Trinajstić information content (AvgIpc) is 2.85. The van der Waals surface area contributed by atoms with E-state index in [1.165, 1.54) is 0 Å². The molecule has 0 bridgehead atoms. The Hall–Kier alpha value is -0.530. The Balaban J connectivity index is 1.97. The first-order chi connectivity index (χ1) is 9.58. The van der Waals surface area contributed by atoms with Gasteiger partial charge in [-0.25, -0.2) is 0 Å². The van der Waals surface area contributed by atoms with Crippen molar-refractivity contribution in [1.29, 1.82) is 0 Å². The number of hydrogen-bond donors (Lipinski definition) is 2. The van der Waals surface area contributed by atoms with Gasteiger partial charge in [0.25, 0.3) is 0 Å². The van der Waals surface area contributed by atoms with Gasteiger partial charge < -0.3 is 19.9 Å². The number of hydrogen-bond acceptors (Lipinski definition) is 4. The molecule has 1 aliphatic rings. The van der Waals surface area contributed by atoms with Gasteiger partial charge in [-0.2, -0.15) is 0 Å². The molecule has 5 heteroatoms. The Morgan fingerprint density at radius 1 is 1.25 bits per heavy atom. The standard InChI is InChI=1S/C15H22INO3/c1-19-13-8-11(7-12(16)14(13)20-2)9-17-10-15(18)5-3-4-6-15/h7-8,17-18H,3-6,9-10H2,1-2H3. The van der Waals surface area contributed by atoms with Gasteiger partial charge in [0.2, 0.25) is 0 Å². The van der Waals surface area contributed by atoms with E-state index in [1.807, 2.05) is 6.07 Å². The van der Waals surface area contributed by atoms with Crippen molar-refractivity contribution in [3.8, 4) is 11.5 Å². The lowest BCUT2D eigenvalue weighted by Gasteiger charge is -2.22. The molecule has 20 heavy (non-hydrogen) atoms. The summed E-state index contributed by atoms with van der Waals surface area (Å²) >= 11 is 2.25. The maximum Gasteiger partial charge on any atom is 0.174 e. The van der Waals surface area contributed by atoms with Gasteiger partial charge in [0.15, 0.2) is 11.5 Å². The molecule has 4 nitrogen and oxygen atoms in total. The van der Waals surface area contributed by atoms with Crippen molar-refractivity contribution in [2.24, 2.45) is 0 Å². The van der Waals surface area contributed by atoms with Gasteiger partial charge >= 0.3 is 0 Å². The van der Waals surface area contributed by atoms with Crippen LogP contribution in [0.4, 0.5) is 0 Å². The highest BCUT2D eigenvalue weighted by atomic mass is 127. The Kier molecular flexibility index (Phi) is 5.51. The van der Waals surface area contributed by atoms with Gasteiger partial charge in [-0.3, -0.25) is 0 Å². The van der Waals surface area contributed by atoms with Crippen LogP contribution < -0.4 is 14.8 Å². The number of rotatable bonds is 6. The van der Waals surface area contributed by atoms with Crippen LogP contribution in [0.15, 0.2) is 12.1 Å². The topological polar surface area (TPSA) is 50.7 Å². The Bertz CT molecular complexity index is 459. The van der Waals surface area contributed by atoms with Gasteiger partial charge in [-0.15, -0.1) is 0 Å². The molecule has 0 atom stereocenters. The SMILES string of the molecule is COc1cc(CNCC2(O)CCCC2)cc(I)c1OC. The van der Waals surface area contributed by atoms with Crippen LogP contribution in [-0.2, 0) is 6.54 Å². The van der Waals surface area contributed by atoms with Crippen LogP contribution >= 0.6 is 22.6 Å². The normalized spacial score (nSPS) is 17.2. The monoisotopic (exact) mass is 391 g/mol. The van der Waals surface area contributed by atoms with Gasteiger partial charge in [-0.05, 0) is 53.1 Å². The number of nitrogens with one attached hydrogen (secondary N) is 1. The molecule has 0 aliphatic heterocycles. The van der Waals surface area contributed by atoms with Crippen molar-refractivity contribution >= 4 is 22.6 Å². The Morgan fingerprint density at radius 3 is 2.55 bits per heavy atom. The zero-order valence-electron chi connectivity index (χ0n) is 12.0. The summed E-state index contributed by atoms with van der Waals surface area (Å²) in [4.78, 5) is 0. The third kappa shape index (κ3) is 3.77. The minimum Gasteiger partial charge on any atom is -0.493 e. The van der Waals surface area contributed by atoms with E-state index in [2.05, 4.69) is 34.0 Å². The predicted octanol–water partition coefficient (Wildman–Crippen LogP) is 2.70. The lowest BCUT2D eigenvalue weighted by molar-refractivity contribution is 0.0475. The molecule has 0 aromatic heterocycles. The second-order valence-corrected chi connectivity index (χ2v) is 6.51. The highest BCUT2D eigenvalue weighted by molar-refractivity contribution is 14.1. The summed E-state index contributed by atoms with van der Waals surface area (Å²) in [5.41, 5.74) is 0.623. The highest BCUT2D eigenvalue weighted by Crippen LogP contribution is 2.33. The molecular weight excluding hydrogens is 369 g/mol. The molecule has 0 spiro atoms. The van der Waals surface area contributed by atoms with Crippen molar-refractivity contribution in [1.82, 2.24) is 5.32 Å². The number of halogens is 1. The Labute approximate surface area is 134 Å². The second-order valence-electron chi connectivity index (χ2n) is 5.35. The quantitative estimate of drug-likeness (QED) is 0.733. The second kappa shape index (κ2) is 6.95. The van der Waals surface area contributed by atoms with E-state index in [0.29, 0.717) is 6.54 Å². The van der Waals surface area contributed by atoms with Gasteiger partial charge in [0, 0.05) is 13.1 Å². The summed E-state index contributed by atoms with van der Waals surface area (Å²) in [6, 6.07) is 4.06. The maximum atomic E-state index is 10.3. The summed E-state index contributed by atoms with van der Waals surface area (Å²) in [6.07, 6.45) is 4.08. The van der Waals surface area contributed by atoms with Crippen LogP contribution in [-0.4, -0.2) is 31.5 Å². The van der Waals surface area contributed by atoms with Crippen LogP contribution in [0.3, 0.4) is 0 Å². The van der Waals surface area contributed by atoms with Crippen LogP contribution in [0, 0.1) is 3.57 Å². The molecule has 2 N–H and O–H groups in total. The third-order valence-corrected chi connectivity index (χ3v) is 4.61. The van der Waals surface area contributed by atoms with E-state index in [0.717, 1.165) is 52.9 Å². The molecule has 1 aliphatic carbocycles. The average molecular weight is 391 g/mol. The predicted molar refractivity (Wildman–Crippen MR) is 87.4 cm³/mol. The molecule has 1 aromatic carbocycles. The van der Waals surface area contributed by atoms with Crippen molar-refractivity contribution in [3.05, 3.63) is 21.3 Å². The largest absolute Gasteiger partial charge is 0.493 e. The van der Waals surface area contributed by atoms with Crippen LogP contribution in [0.25, 0.3) is 0 Å². The third-order valence-electron chi connectivity index (χ3n) is 3.81. The number of methoxy groups -OCH3 is 2. The van der Waals surface area contributed by atoms with Crippen molar-refractivity contribution in [3.63, 3.8) is 0 Å². The first-order valence-corrected chi connectivity index (χ1v) is 7.99.